The minimum atomic E-state index is -0.664. The quantitative estimate of drug-likeness (QED) is 0.0828. The molecule has 2 unspecified atom stereocenters. The van der Waals surface area contributed by atoms with Crippen LogP contribution in [0, 0.1) is 11.7 Å². The highest BCUT2D eigenvalue weighted by atomic mass is 19.1. The van der Waals surface area contributed by atoms with Crippen molar-refractivity contribution < 1.29 is 23.2 Å². The Hall–Kier alpha value is -4.11. The zero-order valence-electron chi connectivity index (χ0n) is 23.7. The molecule has 1 aromatic rings. The Balaban J connectivity index is 3.23. The number of hydrazine groups is 1. The minimum absolute atomic E-state index is 0.0326. The van der Waals surface area contributed by atoms with Crippen molar-refractivity contribution in [1.82, 2.24) is 15.6 Å². The Morgan fingerprint density at radius 3 is 2.35 bits per heavy atom. The monoisotopic (exact) mass is 554 g/mol. The molecule has 4 N–H and O–H groups in total. The van der Waals surface area contributed by atoms with Gasteiger partial charge in [0, 0.05) is 12.1 Å². The van der Waals surface area contributed by atoms with Gasteiger partial charge in [-0.15, -0.1) is 0 Å². The molecule has 40 heavy (non-hydrogen) atoms. The first kappa shape index (κ1) is 33.9. The predicted molar refractivity (Wildman–Crippen MR) is 155 cm³/mol. The summed E-state index contributed by atoms with van der Waals surface area (Å²) in [6.45, 7) is 14.4. The number of amides is 2. The molecule has 9 heteroatoms. The first-order chi connectivity index (χ1) is 18.9. The van der Waals surface area contributed by atoms with Gasteiger partial charge in [0.2, 0.25) is 0 Å². The molecule has 0 aliphatic rings. The zero-order chi connectivity index (χ0) is 30.2. The second kappa shape index (κ2) is 17.5. The molecule has 0 aliphatic heterocycles. The van der Waals surface area contributed by atoms with E-state index in [1.54, 1.807) is 6.08 Å². The second-order valence-corrected chi connectivity index (χ2v) is 9.34. The SMILES string of the molecule is C=C(/C=C(/C(=O)NC(CCC(C)/C=C/C=O)C(=C)/C=C\CC)N(N)/C(C)=C(\C)F)C(=O)NCc1ccc(F)cc1. The van der Waals surface area contributed by atoms with Crippen LogP contribution in [0.1, 0.15) is 52.5 Å². The van der Waals surface area contributed by atoms with Gasteiger partial charge in [0.15, 0.2) is 0 Å². The van der Waals surface area contributed by atoms with Gasteiger partial charge < -0.3 is 10.6 Å². The maximum Gasteiger partial charge on any atom is 0.269 e. The van der Waals surface area contributed by atoms with E-state index in [4.69, 9.17) is 5.84 Å². The van der Waals surface area contributed by atoms with Crippen molar-refractivity contribution in [2.45, 2.75) is 59.5 Å². The fourth-order valence-corrected chi connectivity index (χ4v) is 3.45. The van der Waals surface area contributed by atoms with Gasteiger partial charge in [-0.2, -0.15) is 0 Å². The van der Waals surface area contributed by atoms with Crippen molar-refractivity contribution in [1.29, 1.82) is 0 Å². The number of rotatable bonds is 16. The van der Waals surface area contributed by atoms with Gasteiger partial charge >= 0.3 is 0 Å². The van der Waals surface area contributed by atoms with E-state index in [2.05, 4.69) is 23.8 Å². The van der Waals surface area contributed by atoms with Crippen LogP contribution < -0.4 is 16.5 Å². The minimum Gasteiger partial charge on any atom is -0.348 e. The van der Waals surface area contributed by atoms with Gasteiger partial charge in [0.1, 0.15) is 23.6 Å². The van der Waals surface area contributed by atoms with Crippen LogP contribution in [-0.4, -0.2) is 29.2 Å². The zero-order valence-corrected chi connectivity index (χ0v) is 23.7. The highest BCUT2D eigenvalue weighted by Gasteiger charge is 2.23. The summed E-state index contributed by atoms with van der Waals surface area (Å²) in [5.74, 6) is 3.92. The summed E-state index contributed by atoms with van der Waals surface area (Å²) in [5, 5.41) is 6.40. The van der Waals surface area contributed by atoms with Crippen LogP contribution in [0.3, 0.4) is 0 Å². The standard InChI is InChI=1S/C31H40F2N4O3/c1-7-8-11-22(3)28(17-12-21(2)10-9-18-38)36-31(40)29(37(34)25(6)24(5)32)19-23(4)30(39)35-20-26-13-15-27(33)16-14-26/h8-11,13-16,18-19,21,28H,3-4,7,12,17,20,34H2,1-2,5-6H3,(H,35,39)(H,36,40)/b10-9+,11-8-,25-24+,29-19-. The fourth-order valence-electron chi connectivity index (χ4n) is 3.45. The van der Waals surface area contributed by atoms with Gasteiger partial charge in [-0.05, 0) is 74.4 Å². The maximum atomic E-state index is 14.1. The third-order valence-corrected chi connectivity index (χ3v) is 6.07. The smallest absolute Gasteiger partial charge is 0.269 e. The second-order valence-electron chi connectivity index (χ2n) is 9.34. The van der Waals surface area contributed by atoms with Crippen molar-refractivity contribution in [2.75, 3.05) is 0 Å². The lowest BCUT2D eigenvalue weighted by Gasteiger charge is -2.26. The predicted octanol–water partition coefficient (Wildman–Crippen LogP) is 5.46. The average Bonchev–Trinajstić information content (AvgIpc) is 2.93. The Morgan fingerprint density at radius 2 is 1.77 bits per heavy atom. The summed E-state index contributed by atoms with van der Waals surface area (Å²) < 4.78 is 27.2. The van der Waals surface area contributed by atoms with Gasteiger partial charge in [-0.25, -0.2) is 14.6 Å². The Morgan fingerprint density at radius 1 is 1.12 bits per heavy atom. The number of nitrogens with zero attached hydrogens (tertiary/aromatic N) is 1. The van der Waals surface area contributed by atoms with E-state index < -0.39 is 29.5 Å². The van der Waals surface area contributed by atoms with Crippen LogP contribution in [-0.2, 0) is 20.9 Å². The van der Waals surface area contributed by atoms with Gasteiger partial charge in [-0.1, -0.05) is 57.4 Å². The van der Waals surface area contributed by atoms with Crippen molar-refractivity contribution in [3.05, 3.63) is 108 Å². The lowest BCUT2D eigenvalue weighted by atomic mass is 9.96. The van der Waals surface area contributed by atoms with Crippen LogP contribution in [0.25, 0.3) is 0 Å². The topological polar surface area (TPSA) is 105 Å². The van der Waals surface area contributed by atoms with Crippen LogP contribution in [0.5, 0.6) is 0 Å². The molecule has 0 saturated carbocycles. The molecule has 0 radical (unpaired) electrons. The normalized spacial score (nSPS) is 13.9. The summed E-state index contributed by atoms with van der Waals surface area (Å²) in [4.78, 5) is 36.9. The van der Waals surface area contributed by atoms with Gasteiger partial charge in [-0.3, -0.25) is 19.4 Å². The van der Waals surface area contributed by atoms with E-state index >= 15 is 0 Å². The molecule has 0 aromatic heterocycles. The molecule has 1 aromatic carbocycles. The number of halogens is 2. The van der Waals surface area contributed by atoms with E-state index in [-0.39, 0.29) is 29.4 Å². The molecule has 0 heterocycles. The average molecular weight is 555 g/mol. The van der Waals surface area contributed by atoms with Gasteiger partial charge in [0.25, 0.3) is 11.8 Å². The van der Waals surface area contributed by atoms with Crippen LogP contribution >= 0.6 is 0 Å². The number of carbonyl (C=O) groups excluding carboxylic acids is 3. The summed E-state index contributed by atoms with van der Waals surface area (Å²) in [6.07, 6.45) is 10.7. The van der Waals surface area contributed by atoms with Crippen molar-refractivity contribution in [3.8, 4) is 0 Å². The number of allylic oxidation sites excluding steroid dienone is 5. The number of benzene rings is 1. The molecular weight excluding hydrogens is 514 g/mol. The summed E-state index contributed by atoms with van der Waals surface area (Å²) in [5.41, 5.74) is 0.975. The summed E-state index contributed by atoms with van der Waals surface area (Å²) in [7, 11) is 0. The highest BCUT2D eigenvalue weighted by Crippen LogP contribution is 2.19. The number of nitrogens with one attached hydrogen (secondary N) is 2. The van der Waals surface area contributed by atoms with Crippen LogP contribution in [0.15, 0.2) is 96.2 Å². The lowest BCUT2D eigenvalue weighted by molar-refractivity contribution is -0.119. The number of carbonyl (C=O) groups is 3. The highest BCUT2D eigenvalue weighted by molar-refractivity contribution is 6.00. The van der Waals surface area contributed by atoms with Crippen molar-refractivity contribution in [3.63, 3.8) is 0 Å². The van der Waals surface area contributed by atoms with E-state index in [9.17, 15) is 23.2 Å². The molecular formula is C31H40F2N4O3. The number of hydrogen-bond acceptors (Lipinski definition) is 5. The molecule has 7 nitrogen and oxygen atoms in total. The molecule has 2 atom stereocenters. The molecule has 0 aliphatic carbocycles. The fraction of sp³-hybridized carbons (Fsp3) is 0.323. The van der Waals surface area contributed by atoms with Crippen molar-refractivity contribution in [2.24, 2.45) is 11.8 Å². The number of hydrogen-bond donors (Lipinski definition) is 3. The Bertz CT molecular complexity index is 1180. The summed E-state index contributed by atoms with van der Waals surface area (Å²) in [6, 6.07) is 5.11. The molecule has 1 rings (SSSR count). The van der Waals surface area contributed by atoms with Crippen LogP contribution in [0.4, 0.5) is 8.78 Å². The molecule has 0 spiro atoms. The molecule has 0 fully saturated rings. The number of aldehydes is 1. The molecule has 0 saturated heterocycles. The third-order valence-electron chi connectivity index (χ3n) is 6.07. The third kappa shape index (κ3) is 11.7. The molecule has 0 bridgehead atoms. The van der Waals surface area contributed by atoms with Crippen molar-refractivity contribution >= 4 is 18.1 Å². The van der Waals surface area contributed by atoms with Crippen LogP contribution in [0.2, 0.25) is 0 Å². The van der Waals surface area contributed by atoms with E-state index in [1.807, 2.05) is 26.0 Å². The first-order valence-electron chi connectivity index (χ1n) is 13.0. The maximum absolute atomic E-state index is 14.1. The molecule has 2 amide bonds. The number of nitrogens with two attached hydrogens (primary N) is 1. The Kier molecular flexibility index (Phi) is 14.8. The first-order valence-corrected chi connectivity index (χ1v) is 13.0. The largest absolute Gasteiger partial charge is 0.348 e. The Labute approximate surface area is 235 Å². The van der Waals surface area contributed by atoms with Gasteiger partial charge in [0.05, 0.1) is 11.7 Å². The summed E-state index contributed by atoms with van der Waals surface area (Å²) >= 11 is 0. The van der Waals surface area contributed by atoms with E-state index in [0.29, 0.717) is 30.3 Å². The van der Waals surface area contributed by atoms with E-state index in [1.165, 1.54) is 50.3 Å². The lowest BCUT2D eigenvalue weighted by Crippen LogP contribution is -2.43. The van der Waals surface area contributed by atoms with E-state index in [0.717, 1.165) is 11.4 Å². The molecule has 216 valence electrons.